The molecule has 7 heteroatoms. The van der Waals surface area contributed by atoms with E-state index in [1.807, 2.05) is 30.2 Å². The van der Waals surface area contributed by atoms with Crippen LogP contribution in [0.4, 0.5) is 5.82 Å². The molecule has 0 unspecified atom stereocenters. The SMILES string of the molecule is Cn1ncc(-c2ccc3cnc(NC(=O)C4CCN(C5CC5)CC4)cc3c2)c1CN1CCCCC1. The van der Waals surface area contributed by atoms with Crippen LogP contribution in [0.5, 0.6) is 0 Å². The van der Waals surface area contributed by atoms with Crippen LogP contribution >= 0.6 is 0 Å². The Kier molecular flexibility index (Phi) is 6.29. The molecule has 3 fully saturated rings. The minimum Gasteiger partial charge on any atom is -0.310 e. The van der Waals surface area contributed by atoms with Crippen molar-refractivity contribution < 1.29 is 4.79 Å². The van der Waals surface area contributed by atoms with Crippen LogP contribution in [-0.2, 0) is 18.4 Å². The van der Waals surface area contributed by atoms with E-state index in [-0.39, 0.29) is 11.8 Å². The predicted octanol–water partition coefficient (Wildman–Crippen LogP) is 4.43. The minimum absolute atomic E-state index is 0.0848. The summed E-state index contributed by atoms with van der Waals surface area (Å²) in [6.07, 6.45) is 12.3. The number of likely N-dealkylation sites (tertiary alicyclic amines) is 2. The van der Waals surface area contributed by atoms with Crippen LogP contribution in [0.25, 0.3) is 21.9 Å². The van der Waals surface area contributed by atoms with E-state index in [0.29, 0.717) is 5.82 Å². The van der Waals surface area contributed by atoms with Gasteiger partial charge >= 0.3 is 0 Å². The second kappa shape index (κ2) is 9.70. The van der Waals surface area contributed by atoms with Crippen molar-refractivity contribution in [3.63, 3.8) is 0 Å². The summed E-state index contributed by atoms with van der Waals surface area (Å²) in [4.78, 5) is 22.6. The van der Waals surface area contributed by atoms with E-state index >= 15 is 0 Å². The molecule has 1 aliphatic carbocycles. The lowest BCUT2D eigenvalue weighted by molar-refractivity contribution is -0.121. The monoisotopic (exact) mass is 472 g/mol. The Labute approximate surface area is 207 Å². The zero-order valence-electron chi connectivity index (χ0n) is 20.7. The molecular formula is C28H36N6O. The average Bonchev–Trinajstić information content (AvgIpc) is 3.68. The summed E-state index contributed by atoms with van der Waals surface area (Å²) >= 11 is 0. The molecular weight excluding hydrogens is 436 g/mol. The number of hydrogen-bond acceptors (Lipinski definition) is 5. The highest BCUT2D eigenvalue weighted by atomic mass is 16.1. The van der Waals surface area contributed by atoms with Crippen molar-refractivity contribution in [2.75, 3.05) is 31.5 Å². The van der Waals surface area contributed by atoms with Crippen molar-refractivity contribution in [3.8, 4) is 11.1 Å². The first-order valence-corrected chi connectivity index (χ1v) is 13.3. The molecule has 2 aromatic heterocycles. The van der Waals surface area contributed by atoms with E-state index in [2.05, 4.69) is 43.4 Å². The number of aryl methyl sites for hydroxylation is 1. The number of hydrogen-bond donors (Lipinski definition) is 1. The van der Waals surface area contributed by atoms with Gasteiger partial charge in [-0.05, 0) is 87.8 Å². The third-order valence-corrected chi connectivity index (χ3v) is 8.13. The summed E-state index contributed by atoms with van der Waals surface area (Å²) in [5.41, 5.74) is 3.60. The van der Waals surface area contributed by atoms with Gasteiger partial charge in [-0.3, -0.25) is 14.4 Å². The average molecular weight is 473 g/mol. The first-order chi connectivity index (χ1) is 17.1. The van der Waals surface area contributed by atoms with Crippen LogP contribution < -0.4 is 5.32 Å². The molecule has 0 atom stereocenters. The Morgan fingerprint density at radius 2 is 1.77 bits per heavy atom. The number of nitrogens with one attached hydrogen (secondary N) is 1. The highest BCUT2D eigenvalue weighted by Gasteiger charge is 2.33. The summed E-state index contributed by atoms with van der Waals surface area (Å²) in [6, 6.07) is 9.28. The lowest BCUT2D eigenvalue weighted by Gasteiger charge is -2.31. The Morgan fingerprint density at radius 1 is 0.971 bits per heavy atom. The maximum atomic E-state index is 12.9. The fourth-order valence-corrected chi connectivity index (χ4v) is 5.79. The molecule has 3 aromatic rings. The molecule has 35 heavy (non-hydrogen) atoms. The molecule has 2 aliphatic heterocycles. The van der Waals surface area contributed by atoms with E-state index in [1.54, 1.807) is 0 Å². The van der Waals surface area contributed by atoms with Crippen LogP contribution in [0.2, 0.25) is 0 Å². The zero-order chi connectivity index (χ0) is 23.8. The topological polar surface area (TPSA) is 66.3 Å². The number of pyridine rings is 1. The molecule has 6 rings (SSSR count). The number of amides is 1. The van der Waals surface area contributed by atoms with Gasteiger partial charge in [-0.25, -0.2) is 4.98 Å². The highest BCUT2D eigenvalue weighted by Crippen LogP contribution is 2.32. The number of carbonyl (C=O) groups is 1. The molecule has 1 saturated carbocycles. The summed E-state index contributed by atoms with van der Waals surface area (Å²) in [5, 5.41) is 9.85. The number of rotatable bonds is 6. The van der Waals surface area contributed by atoms with Gasteiger partial charge in [0.15, 0.2) is 0 Å². The highest BCUT2D eigenvalue weighted by molar-refractivity contribution is 5.95. The Hall–Kier alpha value is -2.77. The largest absolute Gasteiger partial charge is 0.310 e. The normalized spacial score (nSPS) is 20.4. The number of benzene rings is 1. The van der Waals surface area contributed by atoms with Gasteiger partial charge in [0.05, 0.1) is 11.9 Å². The molecule has 1 N–H and O–H groups in total. The molecule has 0 radical (unpaired) electrons. The van der Waals surface area contributed by atoms with E-state index in [1.165, 1.54) is 43.4 Å². The Bertz CT molecular complexity index is 1200. The summed E-state index contributed by atoms with van der Waals surface area (Å²) in [5.74, 6) is 0.838. The number of fused-ring (bicyclic) bond motifs is 1. The number of aromatic nitrogens is 3. The summed E-state index contributed by atoms with van der Waals surface area (Å²) < 4.78 is 2.01. The quantitative estimate of drug-likeness (QED) is 0.575. The third kappa shape index (κ3) is 4.98. The van der Waals surface area contributed by atoms with Crippen molar-refractivity contribution in [3.05, 3.63) is 42.4 Å². The molecule has 7 nitrogen and oxygen atoms in total. The Morgan fingerprint density at radius 3 is 2.54 bits per heavy atom. The molecule has 1 amide bonds. The number of nitrogens with zero attached hydrogens (tertiary/aromatic N) is 5. The fourth-order valence-electron chi connectivity index (χ4n) is 5.79. The number of anilines is 1. The van der Waals surface area contributed by atoms with Crippen molar-refractivity contribution in [2.45, 2.75) is 57.5 Å². The van der Waals surface area contributed by atoms with E-state index in [9.17, 15) is 4.79 Å². The summed E-state index contributed by atoms with van der Waals surface area (Å²) in [6.45, 7) is 5.35. The van der Waals surface area contributed by atoms with Crippen molar-refractivity contribution >= 4 is 22.5 Å². The number of piperidine rings is 2. The van der Waals surface area contributed by atoms with Crippen LogP contribution in [0.1, 0.15) is 50.6 Å². The predicted molar refractivity (Wildman–Crippen MR) is 139 cm³/mol. The van der Waals surface area contributed by atoms with Gasteiger partial charge in [0.2, 0.25) is 5.91 Å². The van der Waals surface area contributed by atoms with Gasteiger partial charge in [0.1, 0.15) is 5.82 Å². The zero-order valence-corrected chi connectivity index (χ0v) is 20.7. The van der Waals surface area contributed by atoms with Crippen LogP contribution in [0, 0.1) is 5.92 Å². The first-order valence-electron chi connectivity index (χ1n) is 13.3. The molecule has 0 spiro atoms. The standard InChI is InChI=1S/C28H36N6O/c1-32-26(19-33-11-3-2-4-12-33)25(18-30-32)21-5-6-22-17-29-27(16-23(22)15-21)31-28(35)20-9-13-34(14-10-20)24-7-8-24/h5-6,15-18,20,24H,2-4,7-14,19H2,1H3,(H,29,31,35). The maximum Gasteiger partial charge on any atom is 0.228 e. The van der Waals surface area contributed by atoms with E-state index < -0.39 is 0 Å². The smallest absolute Gasteiger partial charge is 0.228 e. The molecule has 4 heterocycles. The maximum absolute atomic E-state index is 12.9. The molecule has 2 saturated heterocycles. The van der Waals surface area contributed by atoms with Crippen molar-refractivity contribution in [1.29, 1.82) is 0 Å². The first kappa shape index (κ1) is 22.7. The molecule has 3 aliphatic rings. The lowest BCUT2D eigenvalue weighted by atomic mass is 9.95. The van der Waals surface area contributed by atoms with Crippen LogP contribution in [0.15, 0.2) is 36.7 Å². The van der Waals surface area contributed by atoms with E-state index in [0.717, 1.165) is 67.9 Å². The Balaban J connectivity index is 1.18. The van der Waals surface area contributed by atoms with Gasteiger partial charge < -0.3 is 10.2 Å². The van der Waals surface area contributed by atoms with Gasteiger partial charge in [-0.1, -0.05) is 18.6 Å². The van der Waals surface area contributed by atoms with Gasteiger partial charge in [-0.2, -0.15) is 5.10 Å². The lowest BCUT2D eigenvalue weighted by Crippen LogP contribution is -2.39. The second-order valence-electron chi connectivity index (χ2n) is 10.6. The molecule has 184 valence electrons. The van der Waals surface area contributed by atoms with Crippen LogP contribution in [-0.4, -0.2) is 62.7 Å². The molecule has 0 bridgehead atoms. The third-order valence-electron chi connectivity index (χ3n) is 8.13. The van der Waals surface area contributed by atoms with Gasteiger partial charge in [0, 0.05) is 42.7 Å². The van der Waals surface area contributed by atoms with E-state index in [4.69, 9.17) is 0 Å². The van der Waals surface area contributed by atoms with Crippen molar-refractivity contribution in [2.24, 2.45) is 13.0 Å². The molecule has 1 aromatic carbocycles. The fraction of sp³-hybridized carbons (Fsp3) is 0.536. The van der Waals surface area contributed by atoms with Gasteiger partial charge in [0.25, 0.3) is 0 Å². The van der Waals surface area contributed by atoms with Crippen molar-refractivity contribution in [1.82, 2.24) is 24.6 Å². The summed E-state index contributed by atoms with van der Waals surface area (Å²) in [7, 11) is 2.04. The minimum atomic E-state index is 0.0848. The van der Waals surface area contributed by atoms with Gasteiger partial charge in [-0.15, -0.1) is 0 Å². The number of carbonyl (C=O) groups excluding carboxylic acids is 1. The van der Waals surface area contributed by atoms with Crippen LogP contribution in [0.3, 0.4) is 0 Å². The second-order valence-corrected chi connectivity index (χ2v) is 10.6.